The summed E-state index contributed by atoms with van der Waals surface area (Å²) in [4.78, 5) is 30.7. The minimum atomic E-state index is -0.418. The number of carbonyl (C=O) groups is 3. The first-order valence-electron chi connectivity index (χ1n) is 9.25. The molecule has 0 aliphatic heterocycles. The molecule has 1 aromatic rings. The van der Waals surface area contributed by atoms with Gasteiger partial charge in [0.2, 0.25) is 0 Å². The summed E-state index contributed by atoms with van der Waals surface area (Å²) in [6, 6.07) is 4.68. The van der Waals surface area contributed by atoms with Crippen LogP contribution in [-0.4, -0.2) is 17.9 Å². The van der Waals surface area contributed by atoms with Gasteiger partial charge in [0, 0.05) is 12.3 Å². The molecule has 0 N–H and O–H groups in total. The van der Waals surface area contributed by atoms with Crippen LogP contribution in [0.5, 0.6) is 0 Å². The lowest BCUT2D eigenvalue weighted by molar-refractivity contribution is -0.117. The molecule has 154 valence electrons. The predicted molar refractivity (Wildman–Crippen MR) is 113 cm³/mol. The Morgan fingerprint density at radius 2 is 1.59 bits per heavy atom. The molecule has 27 heavy (non-hydrogen) atoms. The van der Waals surface area contributed by atoms with Crippen LogP contribution in [0.3, 0.4) is 0 Å². The minimum Gasteiger partial charge on any atom is -0.304 e. The molecule has 1 aromatic carbocycles. The molecule has 0 bridgehead atoms. The number of allylic oxidation sites excluding steroid dienone is 1. The van der Waals surface area contributed by atoms with E-state index in [2.05, 4.69) is 20.4 Å². The van der Waals surface area contributed by atoms with Crippen LogP contribution in [-0.2, 0) is 9.59 Å². The van der Waals surface area contributed by atoms with Crippen molar-refractivity contribution in [3.63, 3.8) is 0 Å². The third kappa shape index (κ3) is 18.5. The molecule has 0 amide bonds. The van der Waals surface area contributed by atoms with Gasteiger partial charge in [-0.15, -0.1) is 6.58 Å². The van der Waals surface area contributed by atoms with Gasteiger partial charge < -0.3 is 9.59 Å². The summed E-state index contributed by atoms with van der Waals surface area (Å²) in [6.07, 6.45) is 4.28. The van der Waals surface area contributed by atoms with Crippen LogP contribution < -0.4 is 0 Å². The summed E-state index contributed by atoms with van der Waals surface area (Å²) >= 11 is 0. The first-order valence-corrected chi connectivity index (χ1v) is 9.25. The van der Waals surface area contributed by atoms with Crippen LogP contribution in [0.4, 0.5) is 4.39 Å². The fourth-order valence-corrected chi connectivity index (χ4v) is 1.72. The molecule has 0 saturated heterocycles. The molecule has 0 unspecified atom stereocenters. The molecule has 1 rings (SSSR count). The molecule has 0 saturated carbocycles. The molecule has 3 nitrogen and oxygen atoms in total. The van der Waals surface area contributed by atoms with E-state index in [1.165, 1.54) is 13.0 Å². The third-order valence-corrected chi connectivity index (χ3v) is 3.07. The van der Waals surface area contributed by atoms with E-state index in [1.807, 2.05) is 6.92 Å². The fraction of sp³-hybridized carbons (Fsp3) is 0.522. The van der Waals surface area contributed by atoms with Crippen molar-refractivity contribution in [2.45, 2.75) is 68.2 Å². The van der Waals surface area contributed by atoms with E-state index >= 15 is 0 Å². The van der Waals surface area contributed by atoms with Crippen molar-refractivity contribution >= 4 is 17.9 Å². The van der Waals surface area contributed by atoms with E-state index < -0.39 is 5.82 Å². The predicted octanol–water partition coefficient (Wildman–Crippen LogP) is 6.38. The van der Waals surface area contributed by atoms with Crippen molar-refractivity contribution in [2.24, 2.45) is 11.8 Å². The average Bonchev–Trinajstić information content (AvgIpc) is 2.54. The van der Waals surface area contributed by atoms with E-state index in [0.29, 0.717) is 17.3 Å². The summed E-state index contributed by atoms with van der Waals surface area (Å²) in [5, 5.41) is 0. The maximum absolute atomic E-state index is 13.2. The molecular weight excluding hydrogens is 343 g/mol. The Balaban J connectivity index is -0.000000351. The third-order valence-electron chi connectivity index (χ3n) is 3.07. The van der Waals surface area contributed by atoms with Crippen molar-refractivity contribution in [1.82, 2.24) is 0 Å². The van der Waals surface area contributed by atoms with Crippen LogP contribution in [0.2, 0.25) is 0 Å². The monoisotopic (exact) mass is 380 g/mol. The van der Waals surface area contributed by atoms with Crippen molar-refractivity contribution in [3.8, 4) is 0 Å². The topological polar surface area (TPSA) is 51.2 Å². The second kappa shape index (κ2) is 18.7. The molecule has 0 atom stereocenters. The van der Waals surface area contributed by atoms with Gasteiger partial charge in [-0.25, -0.2) is 4.39 Å². The second-order valence-corrected chi connectivity index (χ2v) is 6.73. The highest BCUT2D eigenvalue weighted by molar-refractivity contribution is 5.98. The molecule has 0 radical (unpaired) electrons. The van der Waals surface area contributed by atoms with E-state index in [9.17, 15) is 14.0 Å². The Morgan fingerprint density at radius 3 is 1.85 bits per heavy atom. The lowest BCUT2D eigenvalue weighted by atomic mass is 9.97. The molecule has 0 aliphatic carbocycles. The van der Waals surface area contributed by atoms with Crippen LogP contribution in [0.1, 0.15) is 77.2 Å². The van der Waals surface area contributed by atoms with Crippen LogP contribution in [0.15, 0.2) is 30.9 Å². The van der Waals surface area contributed by atoms with Gasteiger partial charge in [0.25, 0.3) is 0 Å². The Hall–Kier alpha value is -2.10. The smallest absolute Gasteiger partial charge is 0.168 e. The Kier molecular flexibility index (Phi) is 20.5. The number of carbonyl (C=O) groups excluding carboxylic acids is 3. The van der Waals surface area contributed by atoms with Crippen molar-refractivity contribution in [3.05, 3.63) is 47.8 Å². The molecule has 4 heteroatoms. The van der Waals surface area contributed by atoms with Crippen LogP contribution in [0, 0.1) is 24.6 Å². The van der Waals surface area contributed by atoms with Gasteiger partial charge in [0.1, 0.15) is 17.9 Å². The van der Waals surface area contributed by atoms with E-state index in [4.69, 9.17) is 4.79 Å². The zero-order chi connectivity index (χ0) is 22.0. The molecular formula is C23H37FO3. The van der Waals surface area contributed by atoms with E-state index in [-0.39, 0.29) is 17.3 Å². The van der Waals surface area contributed by atoms with E-state index in [0.717, 1.165) is 19.1 Å². The Morgan fingerprint density at radius 1 is 1.15 bits per heavy atom. The van der Waals surface area contributed by atoms with Crippen LogP contribution >= 0.6 is 0 Å². The van der Waals surface area contributed by atoms with Crippen molar-refractivity contribution < 1.29 is 18.8 Å². The summed E-state index contributed by atoms with van der Waals surface area (Å²) in [7, 11) is 0. The number of aldehydes is 1. The van der Waals surface area contributed by atoms with Crippen molar-refractivity contribution in [1.29, 1.82) is 0 Å². The fourth-order valence-electron chi connectivity index (χ4n) is 1.72. The summed E-state index contributed by atoms with van der Waals surface area (Å²) in [5.41, 5.74) is 0.941. The van der Waals surface area contributed by atoms with Gasteiger partial charge in [0.15, 0.2) is 5.78 Å². The largest absolute Gasteiger partial charge is 0.304 e. The quantitative estimate of drug-likeness (QED) is 0.338. The second-order valence-electron chi connectivity index (χ2n) is 6.73. The molecule has 0 spiro atoms. The van der Waals surface area contributed by atoms with Gasteiger partial charge >= 0.3 is 0 Å². The summed E-state index contributed by atoms with van der Waals surface area (Å²) in [5.74, 6) is 0.266. The summed E-state index contributed by atoms with van der Waals surface area (Å²) in [6.45, 7) is 17.9. The lowest BCUT2D eigenvalue weighted by Gasteiger charge is -2.08. The van der Waals surface area contributed by atoms with Gasteiger partial charge in [-0.1, -0.05) is 45.9 Å². The standard InChI is InChI=1S/C11H13FO.C7H14O.C3H6.C2H4O/c1-7(2)11(13)10-8(3)5-4-6-9(10)12;1-6(2)4-5-7(3)8;1-3-2;1-2-3/h4-7H,1-3H3;6H,4-5H2,1-3H3;3H,1H2,2H3;2H,1H3. The lowest BCUT2D eigenvalue weighted by Crippen LogP contribution is -2.11. The maximum Gasteiger partial charge on any atom is 0.168 e. The number of Topliss-reactive ketones (excluding diaryl/α,β-unsaturated/α-hetero) is 2. The van der Waals surface area contributed by atoms with E-state index in [1.54, 1.807) is 45.9 Å². The zero-order valence-corrected chi connectivity index (χ0v) is 18.3. The van der Waals surface area contributed by atoms with Crippen molar-refractivity contribution in [2.75, 3.05) is 0 Å². The highest BCUT2D eigenvalue weighted by atomic mass is 19.1. The van der Waals surface area contributed by atoms with Gasteiger partial charge in [-0.2, -0.15) is 0 Å². The number of aryl methyl sites for hydroxylation is 1. The maximum atomic E-state index is 13.2. The average molecular weight is 381 g/mol. The van der Waals surface area contributed by atoms with Crippen LogP contribution in [0.25, 0.3) is 0 Å². The molecule has 0 aliphatic rings. The number of ketones is 2. The summed E-state index contributed by atoms with van der Waals surface area (Å²) < 4.78 is 13.2. The number of halogens is 1. The SMILES string of the molecule is C=CC.CC(=O)CCC(C)C.CC=O.Cc1cccc(F)c1C(=O)C(C)C. The Bertz CT molecular complexity index is 534. The number of hydrogen-bond donors (Lipinski definition) is 0. The molecule has 0 aromatic heterocycles. The van der Waals surface area contributed by atoms with Gasteiger partial charge in [0.05, 0.1) is 5.56 Å². The minimum absolute atomic E-state index is 0.129. The number of hydrogen-bond acceptors (Lipinski definition) is 3. The van der Waals surface area contributed by atoms with Gasteiger partial charge in [-0.3, -0.25) is 4.79 Å². The normalized spacial score (nSPS) is 9.00. The number of benzene rings is 1. The molecule has 0 fully saturated rings. The first-order chi connectivity index (χ1) is 12.5. The first kappa shape index (κ1) is 29.7. The highest BCUT2D eigenvalue weighted by Crippen LogP contribution is 2.16. The highest BCUT2D eigenvalue weighted by Gasteiger charge is 2.16. The Labute approximate surface area is 165 Å². The molecule has 0 heterocycles. The van der Waals surface area contributed by atoms with Gasteiger partial charge in [-0.05, 0) is 51.7 Å². The zero-order valence-electron chi connectivity index (χ0n) is 18.3. The number of rotatable bonds is 5.